The Kier molecular flexibility index (Phi) is 25.5. The van der Waals surface area contributed by atoms with Gasteiger partial charge in [-0.05, 0) is 43.4 Å². The Morgan fingerprint density at radius 2 is 1.39 bits per heavy atom. The molecule has 0 saturated carbocycles. The van der Waals surface area contributed by atoms with Gasteiger partial charge < -0.3 is 28.9 Å². The van der Waals surface area contributed by atoms with Crippen LogP contribution in [0.1, 0.15) is 0 Å². The van der Waals surface area contributed by atoms with Crippen molar-refractivity contribution in [3.8, 4) is 5.75 Å². The predicted octanol–water partition coefficient (Wildman–Crippen LogP) is -11.1. The third-order valence-electron chi connectivity index (χ3n) is 5.79. The first kappa shape index (κ1) is 54.5. The zero-order valence-corrected chi connectivity index (χ0v) is 42.4. The summed E-state index contributed by atoms with van der Waals surface area (Å²) in [5.41, 5.74) is -1.05. The zero-order valence-electron chi connectivity index (χ0n) is 26.2. The van der Waals surface area contributed by atoms with Gasteiger partial charge in [-0.3, -0.25) is 5.04 Å². The molecule has 0 heterocycles. The van der Waals surface area contributed by atoms with Crippen LogP contribution >= 0.6 is 23.6 Å². The van der Waals surface area contributed by atoms with Crippen molar-refractivity contribution in [2.24, 2.45) is 10.2 Å². The molecule has 28 heteroatoms. The van der Waals surface area contributed by atoms with Gasteiger partial charge in [0.05, 0.1) is 53.4 Å². The molecule has 0 saturated heterocycles. The van der Waals surface area contributed by atoms with Crippen LogP contribution in [0.5, 0.6) is 5.75 Å². The van der Waals surface area contributed by atoms with Gasteiger partial charge in [-0.2, -0.15) is 4.33 Å². The second-order valence-corrected chi connectivity index (χ2v) is 16.4. The second kappa shape index (κ2) is 23.0. The first-order valence-corrected chi connectivity index (χ1v) is 18.8. The summed E-state index contributed by atoms with van der Waals surface area (Å²) in [6, 6.07) is 5.07. The molecule has 0 bridgehead atoms. The topological polar surface area (TPSA) is 295 Å². The van der Waals surface area contributed by atoms with Crippen molar-refractivity contribution < 1.29 is 251 Å². The summed E-state index contributed by atoms with van der Waals surface area (Å²) in [4.78, 5) is -1.71. The molecule has 0 fully saturated rings. The van der Waals surface area contributed by atoms with E-state index in [0.29, 0.717) is 12.1 Å². The summed E-state index contributed by atoms with van der Waals surface area (Å²) >= 11 is 6.20. The maximum atomic E-state index is 12.7. The van der Waals surface area contributed by atoms with Gasteiger partial charge in [-0.15, -0.1) is 10.2 Å². The normalized spacial score (nSPS) is 12.2. The van der Waals surface area contributed by atoms with Crippen LogP contribution in [0, 0.1) is 0 Å². The van der Waals surface area contributed by atoms with Crippen molar-refractivity contribution in [1.82, 2.24) is 4.90 Å². The summed E-state index contributed by atoms with van der Waals surface area (Å²) in [5, 5.41) is 29.4. The van der Waals surface area contributed by atoms with Crippen LogP contribution in [-0.4, -0.2) is 89.0 Å². The van der Waals surface area contributed by atoms with Crippen molar-refractivity contribution in [2.75, 3.05) is 31.6 Å². The maximum absolute atomic E-state index is 12.7. The van der Waals surface area contributed by atoms with Crippen LogP contribution in [0.2, 0.25) is 5.02 Å². The summed E-state index contributed by atoms with van der Waals surface area (Å²) in [6.45, 7) is -0.338. The molecule has 18 nitrogen and oxygen atoms in total. The molecule has 0 aliphatic carbocycles. The minimum absolute atomic E-state index is 0. The van der Waals surface area contributed by atoms with E-state index in [4.69, 9.17) is 11.6 Å². The molecule has 0 radical (unpaired) electrons. The summed E-state index contributed by atoms with van der Waals surface area (Å²) in [6.07, 6.45) is 0. The molecular weight excluding hydrogens is 870 g/mol. The Balaban J connectivity index is 0. The van der Waals surface area contributed by atoms with Gasteiger partial charge in [-0.25, -0.2) is 33.7 Å². The maximum Gasteiger partial charge on any atom is 1.00 e. The van der Waals surface area contributed by atoms with Crippen LogP contribution in [-0.2, 0) is 49.6 Å². The molecule has 0 atom stereocenters. The Morgan fingerprint density at radius 1 is 0.837 bits per heavy atom. The number of azo groups is 1. The van der Waals surface area contributed by atoms with Gasteiger partial charge >= 0.3 is 184 Å². The van der Waals surface area contributed by atoms with Crippen molar-refractivity contribution in [2.45, 2.75) is 19.6 Å². The van der Waals surface area contributed by atoms with E-state index in [1.54, 1.807) is 0 Å². The molecule has 0 aliphatic heterocycles. The fourth-order valence-electron chi connectivity index (χ4n) is 3.65. The number of sulfone groups is 1. The summed E-state index contributed by atoms with van der Waals surface area (Å²) < 4.78 is 134. The molecule has 3 aromatic carbocycles. The van der Waals surface area contributed by atoms with E-state index in [0.717, 1.165) is 24.3 Å². The standard InChI is InChI=1S/C21H22ClN3O15S5.3K.Na/c1-25(5-7-43(30,31)32)4-6-42(28,29)13-2-3-16(15(22)10-13)23-24-17-11-18(44(33,34)35)14-8-12(41-40-39-27)9-19(45(36,37)38)20(14)21(17)26;;;;/h2-3,8-11,26-27H,4-7H2,1H3,(H,30,31,32)(H,33,34,35)(H,36,37,38);;;;/q;4*+1/p-4. The first-order chi connectivity index (χ1) is 20.6. The fraction of sp³-hybridized carbons (Fsp3) is 0.238. The fourth-order valence-corrected chi connectivity index (χ4v) is 7.76. The van der Waals surface area contributed by atoms with E-state index in [1.807, 2.05) is 0 Å². The molecule has 3 rings (SSSR count). The van der Waals surface area contributed by atoms with Crippen LogP contribution in [0.25, 0.3) is 10.8 Å². The van der Waals surface area contributed by atoms with E-state index in [9.17, 15) is 57.7 Å². The van der Waals surface area contributed by atoms with Gasteiger partial charge in [0.1, 0.15) is 31.6 Å². The molecule has 1 N–H and O–H groups in total. The van der Waals surface area contributed by atoms with Crippen molar-refractivity contribution in [1.29, 1.82) is 0 Å². The van der Waals surface area contributed by atoms with Crippen LogP contribution in [0.4, 0.5) is 11.4 Å². The Morgan fingerprint density at radius 3 is 1.90 bits per heavy atom. The zero-order chi connectivity index (χ0) is 34.0. The number of rotatable bonds is 14. The molecule has 0 spiro atoms. The predicted molar refractivity (Wildman–Crippen MR) is 149 cm³/mol. The van der Waals surface area contributed by atoms with Gasteiger partial charge in [0.25, 0.3) is 0 Å². The van der Waals surface area contributed by atoms with Gasteiger partial charge in [0, 0.05) is 28.8 Å². The number of halogens is 1. The van der Waals surface area contributed by atoms with E-state index < -0.39 is 83.7 Å². The SMILES string of the molecule is CN(CCS(=O)(=O)[O-])CCS(=O)(=O)c1ccc(N=Nc2cc(S(=O)(=O)[O-])c3cc(SOO[O-])cc(S(=O)(=O)[O-])c3c2O)c(Cl)c1.[K+].[K+].[K+].[Na+]. The third kappa shape index (κ3) is 16.4. The van der Waals surface area contributed by atoms with Gasteiger partial charge in [-0.1, -0.05) is 11.6 Å². The van der Waals surface area contributed by atoms with Crippen molar-refractivity contribution in [3.63, 3.8) is 0 Å². The molecular formula is C21H18ClK3N3NaO15S5. The largest absolute Gasteiger partial charge is 1.00 e. The summed E-state index contributed by atoms with van der Waals surface area (Å²) in [7, 11) is -18.0. The molecule has 0 aliphatic rings. The Hall–Kier alpha value is 3.39. The Labute approximate surface area is 440 Å². The molecule has 49 heavy (non-hydrogen) atoms. The Bertz CT molecular complexity index is 2110. The van der Waals surface area contributed by atoms with Crippen LogP contribution in [0.15, 0.2) is 66.2 Å². The number of fused-ring (bicyclic) bond motifs is 1. The number of hydrogen-bond donors (Lipinski definition) is 1. The van der Waals surface area contributed by atoms with E-state index in [1.165, 1.54) is 11.9 Å². The minimum Gasteiger partial charge on any atom is -0.748 e. The van der Waals surface area contributed by atoms with E-state index in [-0.39, 0.29) is 229 Å². The van der Waals surface area contributed by atoms with Gasteiger partial charge in [0.2, 0.25) is 0 Å². The number of hydrogen-bond acceptors (Lipinski definition) is 19. The number of phenols is 1. The van der Waals surface area contributed by atoms with Crippen molar-refractivity contribution in [3.05, 3.63) is 41.4 Å². The number of nitrogens with zero attached hydrogens (tertiary/aromatic N) is 3. The molecule has 0 amide bonds. The number of benzene rings is 3. The van der Waals surface area contributed by atoms with Crippen molar-refractivity contribution >= 4 is 86.0 Å². The first-order valence-electron chi connectivity index (χ1n) is 11.6. The quantitative estimate of drug-likeness (QED) is 0.0393. The van der Waals surface area contributed by atoms with Crippen LogP contribution in [0.3, 0.4) is 0 Å². The number of aromatic hydroxyl groups is 1. The monoisotopic (exact) mass is 887 g/mol. The van der Waals surface area contributed by atoms with E-state index >= 15 is 0 Å². The smallest absolute Gasteiger partial charge is 0.748 e. The molecule has 3 aromatic rings. The average molecular weight is 888 g/mol. The molecule has 248 valence electrons. The van der Waals surface area contributed by atoms with E-state index in [2.05, 4.69) is 19.6 Å². The van der Waals surface area contributed by atoms with Crippen LogP contribution < -0.4 is 189 Å². The van der Waals surface area contributed by atoms with Gasteiger partial charge in [0.15, 0.2) is 15.6 Å². The molecule has 0 unspecified atom stereocenters. The average Bonchev–Trinajstić information content (AvgIpc) is 2.92. The summed E-state index contributed by atoms with van der Waals surface area (Å²) in [5.74, 6) is -2.30. The minimum atomic E-state index is -5.48. The molecule has 0 aromatic heterocycles. The number of phenolic OH excluding ortho intramolecular Hbond substituents is 1. The third-order valence-corrected chi connectivity index (χ3v) is 10.8. The second-order valence-electron chi connectivity index (χ2n) is 8.91.